The Morgan fingerprint density at radius 1 is 0.460 bits per heavy atom. The van der Waals surface area contributed by atoms with Crippen molar-refractivity contribution in [3.05, 3.63) is 151 Å². The summed E-state index contributed by atoms with van der Waals surface area (Å²) in [4.78, 5) is 4.61. The number of aromatic nitrogens is 4. The van der Waals surface area contributed by atoms with Gasteiger partial charge >= 0.3 is 0 Å². The highest BCUT2D eigenvalue weighted by atomic mass is 16.3. The lowest BCUT2D eigenvalue weighted by atomic mass is 10.0. The van der Waals surface area contributed by atoms with Crippen LogP contribution in [0.3, 0.4) is 0 Å². The van der Waals surface area contributed by atoms with E-state index in [1.807, 2.05) is 13.4 Å². The van der Waals surface area contributed by atoms with Gasteiger partial charge in [0.15, 0.2) is 0 Å². The number of hydrogen-bond donors (Lipinski definition) is 0. The highest BCUT2D eigenvalue weighted by Crippen LogP contribution is 2.39. The van der Waals surface area contributed by atoms with E-state index in [0.717, 1.165) is 49.9 Å². The summed E-state index contributed by atoms with van der Waals surface area (Å²) in [6.07, 6.45) is 1.87. The number of benzene rings is 7. The predicted octanol–water partition coefficient (Wildman–Crippen LogP) is 11.6. The summed E-state index contributed by atoms with van der Waals surface area (Å²) in [5.74, 6) is 0. The Bertz CT molecular complexity index is 3130. The molecule has 5 heteroatoms. The van der Waals surface area contributed by atoms with E-state index in [2.05, 4.69) is 165 Å². The number of nitrogens with zero attached hydrogens (tertiary/aromatic N) is 4. The molecule has 11 aromatic rings. The van der Waals surface area contributed by atoms with Crippen molar-refractivity contribution in [3.63, 3.8) is 0 Å². The van der Waals surface area contributed by atoms with Gasteiger partial charge in [0.1, 0.15) is 11.2 Å². The van der Waals surface area contributed by atoms with Crippen molar-refractivity contribution in [1.82, 2.24) is 18.7 Å². The topological polar surface area (TPSA) is 40.8 Å². The first-order chi connectivity index (χ1) is 24.6. The lowest BCUT2D eigenvalue weighted by molar-refractivity contribution is 0.669. The standard InChI is InChI=1S/C45H30N4O/c1-27-11-16-41-34(21-27)35-22-28(29-13-18-43-38(23-29)46-26-47(43)2)12-17-42(35)49(41)31-15-20-45-37(25-31)36-24-30(14-19-44(36)50-45)48-39-9-5-3-7-32(39)33-8-4-6-10-40(33)48/h3-26H,1-2H3. The fourth-order valence-corrected chi connectivity index (χ4v) is 8.14. The highest BCUT2D eigenvalue weighted by molar-refractivity contribution is 6.13. The SMILES string of the molecule is Cc1ccc2c(c1)c1cc(-c3ccc4c(c3)ncn4C)ccc1n2-c1ccc2oc3ccc(-n4c5ccccc5c5ccccc54)cc3c2c1. The zero-order valence-electron chi connectivity index (χ0n) is 27.6. The maximum absolute atomic E-state index is 6.43. The molecule has 0 N–H and O–H groups in total. The summed E-state index contributed by atoms with van der Waals surface area (Å²) in [6, 6.07) is 50.6. The van der Waals surface area contributed by atoms with Crippen molar-refractivity contribution >= 4 is 76.6 Å². The van der Waals surface area contributed by atoms with Crippen molar-refractivity contribution in [2.75, 3.05) is 0 Å². The zero-order valence-corrected chi connectivity index (χ0v) is 27.6. The van der Waals surface area contributed by atoms with E-state index >= 15 is 0 Å². The molecule has 0 radical (unpaired) electrons. The van der Waals surface area contributed by atoms with E-state index in [1.165, 1.54) is 54.7 Å². The van der Waals surface area contributed by atoms with Crippen LogP contribution in [-0.4, -0.2) is 18.7 Å². The monoisotopic (exact) mass is 642 g/mol. The number of imidazole rings is 1. The minimum Gasteiger partial charge on any atom is -0.456 e. The van der Waals surface area contributed by atoms with Crippen molar-refractivity contribution in [2.45, 2.75) is 6.92 Å². The first-order valence-electron chi connectivity index (χ1n) is 17.0. The molecule has 0 fully saturated rings. The molecule has 236 valence electrons. The van der Waals surface area contributed by atoms with E-state index in [-0.39, 0.29) is 0 Å². The fourth-order valence-electron chi connectivity index (χ4n) is 8.14. The molecule has 0 unspecified atom stereocenters. The molecule has 0 spiro atoms. The molecule has 11 rings (SSSR count). The Labute approximate surface area is 286 Å². The Morgan fingerprint density at radius 3 is 1.66 bits per heavy atom. The van der Waals surface area contributed by atoms with Crippen molar-refractivity contribution in [1.29, 1.82) is 0 Å². The van der Waals surface area contributed by atoms with Crippen LogP contribution in [0, 0.1) is 6.92 Å². The van der Waals surface area contributed by atoms with Crippen LogP contribution < -0.4 is 0 Å². The van der Waals surface area contributed by atoms with E-state index in [1.54, 1.807) is 0 Å². The van der Waals surface area contributed by atoms with Crippen LogP contribution in [0.1, 0.15) is 5.56 Å². The van der Waals surface area contributed by atoms with Gasteiger partial charge in [0.25, 0.3) is 0 Å². The second kappa shape index (κ2) is 9.97. The molecule has 0 bridgehead atoms. The smallest absolute Gasteiger partial charge is 0.135 e. The van der Waals surface area contributed by atoms with E-state index in [4.69, 9.17) is 4.42 Å². The second-order valence-electron chi connectivity index (χ2n) is 13.5. The van der Waals surface area contributed by atoms with E-state index < -0.39 is 0 Å². The normalized spacial score (nSPS) is 12.2. The lowest BCUT2D eigenvalue weighted by Crippen LogP contribution is -1.94. The average Bonchev–Trinajstić information content (AvgIpc) is 3.89. The van der Waals surface area contributed by atoms with Crippen LogP contribution in [0.15, 0.2) is 150 Å². The Balaban J connectivity index is 1.11. The minimum absolute atomic E-state index is 0.881. The van der Waals surface area contributed by atoms with Gasteiger partial charge < -0.3 is 18.1 Å². The first-order valence-corrected chi connectivity index (χ1v) is 17.0. The Hall–Kier alpha value is -6.59. The Kier molecular flexibility index (Phi) is 5.46. The fraction of sp³-hybridized carbons (Fsp3) is 0.0444. The number of aryl methyl sites for hydroxylation is 2. The van der Waals surface area contributed by atoms with E-state index in [0.29, 0.717) is 0 Å². The zero-order chi connectivity index (χ0) is 33.1. The van der Waals surface area contributed by atoms with Gasteiger partial charge in [-0.1, -0.05) is 60.2 Å². The molecule has 4 heterocycles. The number of fused-ring (bicyclic) bond motifs is 10. The molecular formula is C45H30N4O. The average molecular weight is 643 g/mol. The maximum Gasteiger partial charge on any atom is 0.135 e. The second-order valence-corrected chi connectivity index (χ2v) is 13.5. The molecule has 0 saturated carbocycles. The predicted molar refractivity (Wildman–Crippen MR) is 207 cm³/mol. The molecule has 0 aliphatic heterocycles. The molecule has 4 aromatic heterocycles. The minimum atomic E-state index is 0.881. The summed E-state index contributed by atoms with van der Waals surface area (Å²) in [5, 5.41) is 7.18. The number of rotatable bonds is 3. The molecular weight excluding hydrogens is 613 g/mol. The molecule has 0 atom stereocenters. The van der Waals surface area contributed by atoms with Crippen LogP contribution in [0.5, 0.6) is 0 Å². The van der Waals surface area contributed by atoms with Gasteiger partial charge in [-0.05, 0) is 103 Å². The van der Waals surface area contributed by atoms with Gasteiger partial charge in [-0.3, -0.25) is 0 Å². The van der Waals surface area contributed by atoms with Gasteiger partial charge in [-0.25, -0.2) is 4.98 Å². The first kappa shape index (κ1) is 27.4. The molecule has 7 aromatic carbocycles. The number of para-hydroxylation sites is 2. The summed E-state index contributed by atoms with van der Waals surface area (Å²) >= 11 is 0. The number of hydrogen-bond acceptors (Lipinski definition) is 2. The summed E-state index contributed by atoms with van der Waals surface area (Å²) in [7, 11) is 2.03. The third-order valence-corrected chi connectivity index (χ3v) is 10.5. The highest BCUT2D eigenvalue weighted by Gasteiger charge is 2.18. The van der Waals surface area contributed by atoms with Crippen LogP contribution in [0.2, 0.25) is 0 Å². The van der Waals surface area contributed by atoms with Crippen LogP contribution in [0.25, 0.3) is 99.1 Å². The maximum atomic E-state index is 6.43. The molecule has 5 nitrogen and oxygen atoms in total. The Morgan fingerprint density at radius 2 is 1.00 bits per heavy atom. The van der Waals surface area contributed by atoms with E-state index in [9.17, 15) is 0 Å². The van der Waals surface area contributed by atoms with Crippen LogP contribution >= 0.6 is 0 Å². The third kappa shape index (κ3) is 3.80. The summed E-state index contributed by atoms with van der Waals surface area (Å²) < 4.78 is 13.3. The van der Waals surface area contributed by atoms with Gasteiger partial charge in [-0.15, -0.1) is 0 Å². The molecule has 0 aliphatic carbocycles. The molecule has 50 heavy (non-hydrogen) atoms. The quantitative estimate of drug-likeness (QED) is 0.192. The number of furan rings is 1. The summed E-state index contributed by atoms with van der Waals surface area (Å²) in [5.41, 5.74) is 14.5. The van der Waals surface area contributed by atoms with Gasteiger partial charge in [-0.2, -0.15) is 0 Å². The largest absolute Gasteiger partial charge is 0.456 e. The molecule has 0 aliphatic rings. The summed E-state index contributed by atoms with van der Waals surface area (Å²) in [6.45, 7) is 2.17. The van der Waals surface area contributed by atoms with Crippen molar-refractivity contribution in [3.8, 4) is 22.5 Å². The van der Waals surface area contributed by atoms with Gasteiger partial charge in [0, 0.05) is 50.7 Å². The van der Waals surface area contributed by atoms with Crippen molar-refractivity contribution < 1.29 is 4.42 Å². The van der Waals surface area contributed by atoms with Gasteiger partial charge in [0.05, 0.1) is 39.4 Å². The lowest BCUT2D eigenvalue weighted by Gasteiger charge is -2.09. The van der Waals surface area contributed by atoms with Crippen LogP contribution in [-0.2, 0) is 7.05 Å². The third-order valence-electron chi connectivity index (χ3n) is 10.5. The molecule has 0 amide bonds. The molecule has 0 saturated heterocycles. The van der Waals surface area contributed by atoms with Crippen molar-refractivity contribution in [2.24, 2.45) is 7.05 Å². The van der Waals surface area contributed by atoms with Crippen LogP contribution in [0.4, 0.5) is 0 Å². The van der Waals surface area contributed by atoms with Gasteiger partial charge in [0.2, 0.25) is 0 Å².